The first-order valence-electron chi connectivity index (χ1n) is 7.92. The molecule has 0 aliphatic heterocycles. The number of carbonyl (C=O) groups is 1. The Balaban J connectivity index is 1.48. The van der Waals surface area contributed by atoms with Crippen LogP contribution in [0.1, 0.15) is 46.6 Å². The van der Waals surface area contributed by atoms with Gasteiger partial charge in [0.2, 0.25) is 5.88 Å². The zero-order chi connectivity index (χ0) is 16.2. The maximum absolute atomic E-state index is 12.2. The highest BCUT2D eigenvalue weighted by Crippen LogP contribution is 2.23. The smallest absolute Gasteiger partial charge is 0.263 e. The Labute approximate surface area is 140 Å². The third-order valence-corrected chi connectivity index (χ3v) is 5.06. The molecule has 3 rings (SSSR count). The topological polar surface area (TPSA) is 64.1 Å². The van der Waals surface area contributed by atoms with Gasteiger partial charge in [0.15, 0.2) is 0 Å². The van der Waals surface area contributed by atoms with Crippen molar-refractivity contribution < 1.29 is 9.53 Å². The standard InChI is InChI=1S/C17H21N3O2S/c1-11-3-8-15(18-9-11)22-14-6-4-13(5-7-14)20-17(21)16-12(2)19-10-23-16/h3,8-10,13-14H,4-7H2,1-2H3,(H,20,21). The molecule has 1 aliphatic carbocycles. The Bertz CT molecular complexity index is 661. The van der Waals surface area contributed by atoms with E-state index in [9.17, 15) is 4.79 Å². The van der Waals surface area contributed by atoms with Crippen LogP contribution >= 0.6 is 11.3 Å². The molecule has 0 bridgehead atoms. The summed E-state index contributed by atoms with van der Waals surface area (Å²) in [6.07, 6.45) is 5.73. The van der Waals surface area contributed by atoms with E-state index in [1.54, 1.807) is 5.51 Å². The average molecular weight is 331 g/mol. The number of hydrogen-bond donors (Lipinski definition) is 1. The van der Waals surface area contributed by atoms with Crippen molar-refractivity contribution in [3.05, 3.63) is 40.0 Å². The quantitative estimate of drug-likeness (QED) is 0.934. The minimum atomic E-state index is -0.00503. The van der Waals surface area contributed by atoms with Crippen LogP contribution in [0.25, 0.3) is 0 Å². The molecule has 1 N–H and O–H groups in total. The summed E-state index contributed by atoms with van der Waals surface area (Å²) in [7, 11) is 0. The van der Waals surface area contributed by atoms with E-state index in [0.717, 1.165) is 36.9 Å². The molecule has 5 nitrogen and oxygen atoms in total. The normalized spacial score (nSPS) is 21.0. The van der Waals surface area contributed by atoms with Crippen LogP contribution in [-0.4, -0.2) is 28.0 Å². The molecule has 1 amide bonds. The lowest BCUT2D eigenvalue weighted by Crippen LogP contribution is -2.39. The molecule has 0 atom stereocenters. The summed E-state index contributed by atoms with van der Waals surface area (Å²) in [6, 6.07) is 4.14. The van der Waals surface area contributed by atoms with Crippen LogP contribution in [0.5, 0.6) is 5.88 Å². The van der Waals surface area contributed by atoms with Gasteiger partial charge in [0.25, 0.3) is 5.91 Å². The Morgan fingerprint density at radius 3 is 2.61 bits per heavy atom. The molecule has 1 aliphatic rings. The number of nitrogens with one attached hydrogen (secondary N) is 1. The first kappa shape index (κ1) is 15.9. The number of aromatic nitrogens is 2. The van der Waals surface area contributed by atoms with Crippen LogP contribution in [0.4, 0.5) is 0 Å². The van der Waals surface area contributed by atoms with E-state index in [2.05, 4.69) is 15.3 Å². The van der Waals surface area contributed by atoms with E-state index in [1.165, 1.54) is 11.3 Å². The van der Waals surface area contributed by atoms with Gasteiger partial charge in [-0.2, -0.15) is 0 Å². The van der Waals surface area contributed by atoms with E-state index >= 15 is 0 Å². The molecule has 1 saturated carbocycles. The van der Waals surface area contributed by atoms with Gasteiger partial charge in [-0.05, 0) is 45.1 Å². The van der Waals surface area contributed by atoms with Gasteiger partial charge in [0, 0.05) is 18.3 Å². The van der Waals surface area contributed by atoms with Crippen molar-refractivity contribution in [1.82, 2.24) is 15.3 Å². The fourth-order valence-electron chi connectivity index (χ4n) is 2.79. The maximum Gasteiger partial charge on any atom is 0.263 e. The summed E-state index contributed by atoms with van der Waals surface area (Å²) in [5.41, 5.74) is 3.64. The zero-order valence-electron chi connectivity index (χ0n) is 13.4. The number of pyridine rings is 1. The van der Waals surface area contributed by atoms with E-state index in [4.69, 9.17) is 4.74 Å². The van der Waals surface area contributed by atoms with Gasteiger partial charge in [-0.1, -0.05) is 6.07 Å². The minimum absolute atomic E-state index is 0.00503. The fourth-order valence-corrected chi connectivity index (χ4v) is 3.50. The Morgan fingerprint density at radius 2 is 2.00 bits per heavy atom. The highest BCUT2D eigenvalue weighted by Gasteiger charge is 2.25. The highest BCUT2D eigenvalue weighted by molar-refractivity contribution is 7.11. The minimum Gasteiger partial charge on any atom is -0.474 e. The number of nitrogens with zero attached hydrogens (tertiary/aromatic N) is 2. The molecule has 6 heteroatoms. The molecule has 2 aromatic rings. The Hall–Kier alpha value is -1.95. The van der Waals surface area contributed by atoms with Crippen molar-refractivity contribution in [2.24, 2.45) is 0 Å². The van der Waals surface area contributed by atoms with Gasteiger partial charge in [-0.15, -0.1) is 11.3 Å². The predicted octanol–water partition coefficient (Wildman–Crippen LogP) is 3.27. The number of hydrogen-bond acceptors (Lipinski definition) is 5. The van der Waals surface area contributed by atoms with Gasteiger partial charge < -0.3 is 10.1 Å². The molecule has 2 aromatic heterocycles. The van der Waals surface area contributed by atoms with Crippen LogP contribution < -0.4 is 10.1 Å². The molecule has 2 heterocycles. The van der Waals surface area contributed by atoms with E-state index in [1.807, 2.05) is 32.2 Å². The van der Waals surface area contributed by atoms with Gasteiger partial charge in [0.1, 0.15) is 11.0 Å². The molecule has 0 radical (unpaired) electrons. The number of thiazole rings is 1. The van der Waals surface area contributed by atoms with Crippen molar-refractivity contribution in [2.45, 2.75) is 51.7 Å². The maximum atomic E-state index is 12.2. The molecule has 1 fully saturated rings. The SMILES string of the molecule is Cc1ccc(OC2CCC(NC(=O)c3scnc3C)CC2)nc1. The Morgan fingerprint density at radius 1 is 1.22 bits per heavy atom. The van der Waals surface area contributed by atoms with Gasteiger partial charge >= 0.3 is 0 Å². The lowest BCUT2D eigenvalue weighted by atomic mass is 9.93. The van der Waals surface area contributed by atoms with Crippen LogP contribution in [0.15, 0.2) is 23.8 Å². The summed E-state index contributed by atoms with van der Waals surface area (Å²) in [5.74, 6) is 0.679. The summed E-state index contributed by atoms with van der Waals surface area (Å²) in [6.45, 7) is 3.88. The van der Waals surface area contributed by atoms with Crippen LogP contribution in [0.2, 0.25) is 0 Å². The summed E-state index contributed by atoms with van der Waals surface area (Å²) >= 11 is 1.39. The molecule has 122 valence electrons. The predicted molar refractivity (Wildman–Crippen MR) is 90.0 cm³/mol. The monoisotopic (exact) mass is 331 g/mol. The van der Waals surface area contributed by atoms with Crippen molar-refractivity contribution >= 4 is 17.2 Å². The molecule has 0 spiro atoms. The summed E-state index contributed by atoms with van der Waals surface area (Å²) in [5, 5.41) is 3.11. The van der Waals surface area contributed by atoms with Gasteiger partial charge in [0.05, 0.1) is 11.2 Å². The molecular weight excluding hydrogens is 310 g/mol. The third-order valence-electron chi connectivity index (χ3n) is 4.13. The summed E-state index contributed by atoms with van der Waals surface area (Å²) < 4.78 is 5.92. The number of amides is 1. The summed E-state index contributed by atoms with van der Waals surface area (Å²) in [4.78, 5) is 21.3. The number of carbonyl (C=O) groups excluding carboxylic acids is 1. The average Bonchev–Trinajstić information content (AvgIpc) is 2.98. The third kappa shape index (κ3) is 4.07. The Kier molecular flexibility index (Phi) is 4.91. The molecule has 23 heavy (non-hydrogen) atoms. The van der Waals surface area contributed by atoms with Crippen molar-refractivity contribution in [1.29, 1.82) is 0 Å². The van der Waals surface area contributed by atoms with Crippen molar-refractivity contribution in [3.63, 3.8) is 0 Å². The zero-order valence-corrected chi connectivity index (χ0v) is 14.2. The van der Waals surface area contributed by atoms with Crippen LogP contribution in [-0.2, 0) is 0 Å². The molecular formula is C17H21N3O2S. The lowest BCUT2D eigenvalue weighted by molar-refractivity contribution is 0.0893. The fraction of sp³-hybridized carbons (Fsp3) is 0.471. The molecule has 0 saturated heterocycles. The second kappa shape index (κ2) is 7.08. The first-order valence-corrected chi connectivity index (χ1v) is 8.80. The first-order chi connectivity index (χ1) is 11.1. The van der Waals surface area contributed by atoms with Crippen LogP contribution in [0, 0.1) is 13.8 Å². The number of ether oxygens (including phenoxy) is 1. The number of aryl methyl sites for hydroxylation is 2. The van der Waals surface area contributed by atoms with Crippen molar-refractivity contribution in [3.8, 4) is 5.88 Å². The second-order valence-electron chi connectivity index (χ2n) is 6.01. The van der Waals surface area contributed by atoms with Crippen LogP contribution in [0.3, 0.4) is 0 Å². The van der Waals surface area contributed by atoms with E-state index in [0.29, 0.717) is 10.8 Å². The van der Waals surface area contributed by atoms with Gasteiger partial charge in [-0.3, -0.25) is 4.79 Å². The molecule has 0 unspecified atom stereocenters. The lowest BCUT2D eigenvalue weighted by Gasteiger charge is -2.29. The van der Waals surface area contributed by atoms with Crippen molar-refractivity contribution in [2.75, 3.05) is 0 Å². The molecule has 0 aromatic carbocycles. The number of rotatable bonds is 4. The van der Waals surface area contributed by atoms with E-state index in [-0.39, 0.29) is 18.1 Å². The highest BCUT2D eigenvalue weighted by atomic mass is 32.1. The van der Waals surface area contributed by atoms with Gasteiger partial charge in [-0.25, -0.2) is 9.97 Å². The second-order valence-corrected chi connectivity index (χ2v) is 6.86. The largest absolute Gasteiger partial charge is 0.474 e. The van der Waals surface area contributed by atoms with E-state index < -0.39 is 0 Å².